The van der Waals surface area contributed by atoms with Gasteiger partial charge in [0.1, 0.15) is 11.6 Å². The van der Waals surface area contributed by atoms with Crippen LogP contribution in [0.3, 0.4) is 0 Å². The van der Waals surface area contributed by atoms with Gasteiger partial charge in [0.2, 0.25) is 0 Å². The highest BCUT2D eigenvalue weighted by molar-refractivity contribution is 5.60. The quantitative estimate of drug-likeness (QED) is 0.781. The highest BCUT2D eigenvalue weighted by atomic mass is 19.1. The van der Waals surface area contributed by atoms with Crippen LogP contribution < -0.4 is 4.90 Å². The fraction of sp³-hybridized carbons (Fsp3) is 0.312. The molecule has 0 aliphatic carbocycles. The van der Waals surface area contributed by atoms with E-state index >= 15 is 0 Å². The summed E-state index contributed by atoms with van der Waals surface area (Å²) in [7, 11) is 0. The smallest absolute Gasteiger partial charge is 0.188 e. The molecule has 0 atom stereocenters. The molecule has 0 spiro atoms. The second-order valence-electron chi connectivity index (χ2n) is 5.48. The Morgan fingerprint density at radius 1 is 1.17 bits per heavy atom. The molecule has 3 aromatic rings. The third-order valence-corrected chi connectivity index (χ3v) is 3.62. The number of benzene rings is 1. The van der Waals surface area contributed by atoms with E-state index in [1.807, 2.05) is 24.8 Å². The molecule has 0 bridgehead atoms. The summed E-state index contributed by atoms with van der Waals surface area (Å²) in [6.45, 7) is 4.53. The zero-order valence-electron chi connectivity index (χ0n) is 13.0. The van der Waals surface area contributed by atoms with Crippen molar-refractivity contribution in [3.8, 4) is 11.4 Å². The van der Waals surface area contributed by atoms with E-state index in [0.717, 1.165) is 0 Å². The third kappa shape index (κ3) is 2.87. The number of hydrogen-bond acceptors (Lipinski definition) is 5. The number of aromatic nitrogens is 4. The van der Waals surface area contributed by atoms with Gasteiger partial charge in [-0.05, 0) is 38.1 Å². The molecular weight excluding hydrogens is 297 g/mol. The van der Waals surface area contributed by atoms with Crippen molar-refractivity contribution in [2.75, 3.05) is 18.1 Å². The number of nitrogens with zero attached hydrogens (tertiary/aromatic N) is 5. The van der Waals surface area contributed by atoms with Gasteiger partial charge >= 0.3 is 0 Å². The molecule has 3 rings (SSSR count). The zero-order chi connectivity index (χ0) is 16.4. The minimum absolute atomic E-state index is 0.0280. The number of rotatable bonds is 5. The second-order valence-corrected chi connectivity index (χ2v) is 5.48. The highest BCUT2D eigenvalue weighted by Crippen LogP contribution is 2.22. The van der Waals surface area contributed by atoms with E-state index < -0.39 is 0 Å². The van der Waals surface area contributed by atoms with Crippen LogP contribution in [-0.4, -0.2) is 44.1 Å². The summed E-state index contributed by atoms with van der Waals surface area (Å²) in [5.74, 6) is 0.664. The van der Waals surface area contributed by atoms with Crippen molar-refractivity contribution in [2.45, 2.75) is 19.9 Å². The summed E-state index contributed by atoms with van der Waals surface area (Å²) in [6, 6.07) is 10.2. The van der Waals surface area contributed by atoms with E-state index in [1.54, 1.807) is 24.3 Å². The van der Waals surface area contributed by atoms with Crippen LogP contribution in [0.1, 0.15) is 13.8 Å². The van der Waals surface area contributed by atoms with Gasteiger partial charge in [0.05, 0.1) is 12.2 Å². The summed E-state index contributed by atoms with van der Waals surface area (Å²) in [4.78, 5) is 1.96. The first-order valence-electron chi connectivity index (χ1n) is 7.46. The summed E-state index contributed by atoms with van der Waals surface area (Å²) in [6.07, 6.45) is 0. The van der Waals surface area contributed by atoms with Gasteiger partial charge in [-0.3, -0.25) is 0 Å². The normalized spacial score (nSPS) is 11.3. The van der Waals surface area contributed by atoms with Gasteiger partial charge in [0, 0.05) is 12.6 Å². The van der Waals surface area contributed by atoms with Crippen LogP contribution >= 0.6 is 0 Å². The molecule has 0 saturated heterocycles. The predicted molar refractivity (Wildman–Crippen MR) is 85.7 cm³/mol. The zero-order valence-corrected chi connectivity index (χ0v) is 13.0. The first-order valence-corrected chi connectivity index (χ1v) is 7.46. The molecule has 23 heavy (non-hydrogen) atoms. The SMILES string of the molecule is CC(C)N(CCO)c1ccc2nnc(-c3ccccc3F)n2n1. The lowest BCUT2D eigenvalue weighted by molar-refractivity contribution is 0.298. The molecule has 0 unspecified atom stereocenters. The number of hydrogen-bond donors (Lipinski definition) is 1. The van der Waals surface area contributed by atoms with Gasteiger partial charge < -0.3 is 10.0 Å². The number of fused-ring (bicyclic) bond motifs is 1. The Morgan fingerprint density at radius 3 is 2.65 bits per heavy atom. The second kappa shape index (κ2) is 6.29. The van der Waals surface area contributed by atoms with E-state index in [4.69, 9.17) is 0 Å². The molecule has 7 heteroatoms. The van der Waals surface area contributed by atoms with E-state index in [1.165, 1.54) is 10.6 Å². The predicted octanol–water partition coefficient (Wildman–Crippen LogP) is 2.14. The van der Waals surface area contributed by atoms with E-state index in [2.05, 4.69) is 15.3 Å². The average Bonchev–Trinajstić information content (AvgIpc) is 2.95. The van der Waals surface area contributed by atoms with Crippen molar-refractivity contribution in [3.05, 3.63) is 42.2 Å². The Hall–Kier alpha value is -2.54. The Balaban J connectivity index is 2.12. The highest BCUT2D eigenvalue weighted by Gasteiger charge is 2.16. The molecule has 1 aromatic carbocycles. The molecular formula is C16H18FN5O. The largest absolute Gasteiger partial charge is 0.395 e. The van der Waals surface area contributed by atoms with Gasteiger partial charge in [0.25, 0.3) is 0 Å². The molecule has 1 N–H and O–H groups in total. The summed E-state index contributed by atoms with van der Waals surface area (Å²) < 4.78 is 15.6. The van der Waals surface area contributed by atoms with Crippen LogP contribution in [0.15, 0.2) is 36.4 Å². The average molecular weight is 315 g/mol. The standard InChI is InChI=1S/C16H18FN5O/c1-11(2)21(9-10-23)15-8-7-14-18-19-16(22(14)20-15)12-5-3-4-6-13(12)17/h3-8,11,23H,9-10H2,1-2H3. The van der Waals surface area contributed by atoms with Crippen LogP contribution in [0.25, 0.3) is 17.0 Å². The maximum atomic E-state index is 14.0. The van der Waals surface area contributed by atoms with Crippen LogP contribution in [0.5, 0.6) is 0 Å². The lowest BCUT2D eigenvalue weighted by Gasteiger charge is -2.26. The van der Waals surface area contributed by atoms with Crippen molar-refractivity contribution < 1.29 is 9.50 Å². The molecule has 2 heterocycles. The maximum absolute atomic E-state index is 14.0. The molecule has 0 fully saturated rings. The monoisotopic (exact) mass is 315 g/mol. The molecule has 2 aromatic heterocycles. The number of halogens is 1. The lowest BCUT2D eigenvalue weighted by Crippen LogP contribution is -2.34. The Labute approximate surface area is 133 Å². The Kier molecular flexibility index (Phi) is 4.20. The van der Waals surface area contributed by atoms with Crippen LogP contribution in [0, 0.1) is 5.82 Å². The van der Waals surface area contributed by atoms with Gasteiger partial charge in [-0.1, -0.05) is 12.1 Å². The fourth-order valence-corrected chi connectivity index (χ4v) is 2.49. The van der Waals surface area contributed by atoms with Crippen LogP contribution in [-0.2, 0) is 0 Å². The number of anilines is 1. The van der Waals surface area contributed by atoms with Gasteiger partial charge in [0.15, 0.2) is 11.5 Å². The van der Waals surface area contributed by atoms with Gasteiger partial charge in [-0.15, -0.1) is 15.3 Å². The van der Waals surface area contributed by atoms with Crippen molar-refractivity contribution >= 4 is 11.5 Å². The van der Waals surface area contributed by atoms with E-state index in [9.17, 15) is 9.50 Å². The molecule has 0 amide bonds. The summed E-state index contributed by atoms with van der Waals surface area (Å²) in [5.41, 5.74) is 0.891. The molecule has 120 valence electrons. The summed E-state index contributed by atoms with van der Waals surface area (Å²) in [5, 5.41) is 21.9. The molecule has 0 radical (unpaired) electrons. The van der Waals surface area contributed by atoms with Gasteiger partial charge in [-0.2, -0.15) is 4.52 Å². The number of aliphatic hydroxyl groups is 1. The Bertz CT molecular complexity index is 817. The van der Waals surface area contributed by atoms with Gasteiger partial charge in [-0.25, -0.2) is 4.39 Å². The molecule has 0 aliphatic rings. The van der Waals surface area contributed by atoms with Crippen molar-refractivity contribution in [1.82, 2.24) is 19.8 Å². The van der Waals surface area contributed by atoms with Crippen molar-refractivity contribution in [3.63, 3.8) is 0 Å². The first kappa shape index (κ1) is 15.4. The third-order valence-electron chi connectivity index (χ3n) is 3.62. The van der Waals surface area contributed by atoms with Crippen LogP contribution in [0.2, 0.25) is 0 Å². The molecule has 0 saturated carbocycles. The molecule has 0 aliphatic heterocycles. The number of aliphatic hydroxyl groups excluding tert-OH is 1. The minimum Gasteiger partial charge on any atom is -0.395 e. The minimum atomic E-state index is -0.370. The topological polar surface area (TPSA) is 66.5 Å². The van der Waals surface area contributed by atoms with Crippen LogP contribution in [0.4, 0.5) is 10.2 Å². The Morgan fingerprint density at radius 2 is 1.96 bits per heavy atom. The van der Waals surface area contributed by atoms with Crippen molar-refractivity contribution in [1.29, 1.82) is 0 Å². The molecule has 6 nitrogen and oxygen atoms in total. The lowest BCUT2D eigenvalue weighted by atomic mass is 10.2. The summed E-state index contributed by atoms with van der Waals surface area (Å²) >= 11 is 0. The van der Waals surface area contributed by atoms with Crippen molar-refractivity contribution in [2.24, 2.45) is 0 Å². The van der Waals surface area contributed by atoms with E-state index in [0.29, 0.717) is 29.4 Å². The fourth-order valence-electron chi connectivity index (χ4n) is 2.49. The first-order chi connectivity index (χ1) is 11.1. The maximum Gasteiger partial charge on any atom is 0.188 e. The van der Waals surface area contributed by atoms with E-state index in [-0.39, 0.29) is 18.5 Å².